The number of hydrogen-bond acceptors (Lipinski definition) is 5. The van der Waals surface area contributed by atoms with E-state index < -0.39 is 10.0 Å². The van der Waals surface area contributed by atoms with Crippen molar-refractivity contribution in [2.24, 2.45) is 0 Å². The van der Waals surface area contributed by atoms with E-state index in [9.17, 15) is 13.2 Å². The molecule has 0 aliphatic carbocycles. The fraction of sp³-hybridized carbons (Fsp3) is 0.211. The van der Waals surface area contributed by atoms with Gasteiger partial charge in [-0.3, -0.25) is 4.79 Å². The maximum atomic E-state index is 12.4. The third-order valence-electron chi connectivity index (χ3n) is 3.96. The van der Waals surface area contributed by atoms with Crippen LogP contribution >= 0.6 is 22.7 Å². The van der Waals surface area contributed by atoms with Crippen LogP contribution in [0.2, 0.25) is 0 Å². The van der Waals surface area contributed by atoms with E-state index in [1.807, 2.05) is 22.9 Å². The Morgan fingerprint density at radius 1 is 1.08 bits per heavy atom. The van der Waals surface area contributed by atoms with Gasteiger partial charge in [-0.1, -0.05) is 26.0 Å². The van der Waals surface area contributed by atoms with Crippen LogP contribution in [0.5, 0.6) is 0 Å². The Bertz CT molecular complexity index is 985. The zero-order chi connectivity index (χ0) is 18.7. The highest BCUT2D eigenvalue weighted by Crippen LogP contribution is 2.22. The van der Waals surface area contributed by atoms with Crippen molar-refractivity contribution in [2.75, 3.05) is 0 Å². The summed E-state index contributed by atoms with van der Waals surface area (Å²) in [6, 6.07) is 12.2. The van der Waals surface area contributed by atoms with Crippen molar-refractivity contribution < 1.29 is 13.2 Å². The van der Waals surface area contributed by atoms with Crippen LogP contribution < -0.4 is 4.72 Å². The molecule has 7 heteroatoms. The number of ketones is 1. The molecule has 0 aliphatic heterocycles. The average molecular weight is 406 g/mol. The molecular formula is C19H19NO3S3. The van der Waals surface area contributed by atoms with Crippen molar-refractivity contribution in [1.29, 1.82) is 0 Å². The first-order valence-electron chi connectivity index (χ1n) is 8.12. The minimum atomic E-state index is -3.58. The molecule has 0 saturated heterocycles. The molecule has 3 rings (SSSR count). The van der Waals surface area contributed by atoms with E-state index in [0.717, 1.165) is 10.4 Å². The molecule has 2 aromatic heterocycles. The second-order valence-corrected chi connectivity index (χ2v) is 9.87. The first-order valence-corrected chi connectivity index (χ1v) is 11.4. The summed E-state index contributed by atoms with van der Waals surface area (Å²) in [5.74, 6) is 0.319. The molecule has 136 valence electrons. The first-order chi connectivity index (χ1) is 12.4. The highest BCUT2D eigenvalue weighted by molar-refractivity contribution is 7.89. The Labute approximate surface area is 161 Å². The molecule has 4 nitrogen and oxygen atoms in total. The molecule has 0 bridgehead atoms. The van der Waals surface area contributed by atoms with Crippen LogP contribution in [-0.4, -0.2) is 14.2 Å². The molecule has 0 aliphatic rings. The van der Waals surface area contributed by atoms with Crippen LogP contribution in [0, 0.1) is 0 Å². The van der Waals surface area contributed by atoms with E-state index in [4.69, 9.17) is 0 Å². The first kappa shape index (κ1) is 19.0. The number of carbonyl (C=O) groups excluding carboxylic acids is 1. The number of carbonyl (C=O) groups is 1. The second kappa shape index (κ2) is 7.84. The Kier molecular flexibility index (Phi) is 5.72. The number of hydrogen-bond donors (Lipinski definition) is 1. The molecule has 0 unspecified atom stereocenters. The fourth-order valence-electron chi connectivity index (χ4n) is 2.41. The molecule has 3 aromatic rings. The number of thiophene rings is 2. The Morgan fingerprint density at radius 2 is 1.81 bits per heavy atom. The molecule has 0 radical (unpaired) electrons. The Morgan fingerprint density at radius 3 is 2.42 bits per heavy atom. The predicted molar refractivity (Wildman–Crippen MR) is 107 cm³/mol. The zero-order valence-corrected chi connectivity index (χ0v) is 16.9. The number of nitrogens with one attached hydrogen (secondary N) is 1. The third-order valence-corrected chi connectivity index (χ3v) is 7.15. The van der Waals surface area contributed by atoms with Gasteiger partial charge in [0.05, 0.1) is 9.77 Å². The van der Waals surface area contributed by atoms with Crippen molar-refractivity contribution >= 4 is 38.5 Å². The van der Waals surface area contributed by atoms with Crippen LogP contribution in [0.4, 0.5) is 0 Å². The van der Waals surface area contributed by atoms with E-state index in [1.165, 1.54) is 22.7 Å². The maximum absolute atomic E-state index is 12.4. The van der Waals surface area contributed by atoms with Gasteiger partial charge < -0.3 is 0 Å². The van der Waals surface area contributed by atoms with E-state index >= 15 is 0 Å². The van der Waals surface area contributed by atoms with E-state index in [1.54, 1.807) is 30.3 Å². The quantitative estimate of drug-likeness (QED) is 0.582. The van der Waals surface area contributed by atoms with E-state index in [2.05, 4.69) is 18.6 Å². The molecule has 0 atom stereocenters. The normalized spacial score (nSPS) is 11.8. The summed E-state index contributed by atoms with van der Waals surface area (Å²) in [6.45, 7) is 4.29. The van der Waals surface area contributed by atoms with Gasteiger partial charge >= 0.3 is 0 Å². The van der Waals surface area contributed by atoms with Crippen molar-refractivity contribution in [2.45, 2.75) is 31.2 Å². The smallest absolute Gasteiger partial charge is 0.240 e. The molecule has 1 aromatic carbocycles. The summed E-state index contributed by atoms with van der Waals surface area (Å²) in [7, 11) is -3.58. The highest BCUT2D eigenvalue weighted by Gasteiger charge is 2.16. The summed E-state index contributed by atoms with van der Waals surface area (Å²) in [6.07, 6.45) is 0. The third kappa shape index (κ3) is 4.29. The van der Waals surface area contributed by atoms with E-state index in [-0.39, 0.29) is 17.2 Å². The fourth-order valence-corrected chi connectivity index (χ4v) is 5.06. The van der Waals surface area contributed by atoms with Crippen molar-refractivity contribution in [3.63, 3.8) is 0 Å². The maximum Gasteiger partial charge on any atom is 0.240 e. The molecule has 0 fully saturated rings. The van der Waals surface area contributed by atoms with Crippen molar-refractivity contribution in [1.82, 2.24) is 4.72 Å². The van der Waals surface area contributed by atoms with Crippen LogP contribution in [0.15, 0.2) is 58.1 Å². The monoisotopic (exact) mass is 405 g/mol. The van der Waals surface area contributed by atoms with Crippen LogP contribution in [0.25, 0.3) is 0 Å². The van der Waals surface area contributed by atoms with Gasteiger partial charge in [0.1, 0.15) is 0 Å². The van der Waals surface area contributed by atoms with Crippen LogP contribution in [-0.2, 0) is 16.6 Å². The lowest BCUT2D eigenvalue weighted by molar-refractivity contribution is 0.104. The number of sulfonamides is 1. The van der Waals surface area contributed by atoms with Gasteiger partial charge in [-0.2, -0.15) is 11.3 Å². The standard InChI is InChI=1S/C19H19NO3S3/c1-13(2)14-3-6-17(7-4-14)26(22,23)20-11-16-5-8-18(25-16)19(21)15-9-10-24-12-15/h3-10,12-13,20H,11H2,1-2H3. The highest BCUT2D eigenvalue weighted by atomic mass is 32.2. The molecule has 0 saturated carbocycles. The summed E-state index contributed by atoms with van der Waals surface area (Å²) in [4.78, 5) is 14.0. The van der Waals surface area contributed by atoms with Crippen molar-refractivity contribution in [3.8, 4) is 0 Å². The van der Waals surface area contributed by atoms with Gasteiger partial charge in [0, 0.05) is 22.4 Å². The lowest BCUT2D eigenvalue weighted by Crippen LogP contribution is -2.22. The predicted octanol–water partition coefficient (Wildman–Crippen LogP) is 4.64. The molecule has 0 spiro atoms. The average Bonchev–Trinajstić information content (AvgIpc) is 3.31. The van der Waals surface area contributed by atoms with Gasteiger partial charge in [-0.25, -0.2) is 13.1 Å². The number of rotatable bonds is 7. The van der Waals surface area contributed by atoms with Gasteiger partial charge in [0.15, 0.2) is 0 Å². The molecule has 26 heavy (non-hydrogen) atoms. The Hall–Kier alpha value is -1.80. The summed E-state index contributed by atoms with van der Waals surface area (Å²) < 4.78 is 27.5. The molecular weight excluding hydrogens is 386 g/mol. The molecule has 0 amide bonds. The summed E-state index contributed by atoms with van der Waals surface area (Å²) in [5.41, 5.74) is 1.76. The van der Waals surface area contributed by atoms with Gasteiger partial charge in [-0.15, -0.1) is 11.3 Å². The minimum Gasteiger partial charge on any atom is -0.288 e. The number of benzene rings is 1. The van der Waals surface area contributed by atoms with E-state index in [0.29, 0.717) is 16.4 Å². The SMILES string of the molecule is CC(C)c1ccc(S(=O)(=O)NCc2ccc(C(=O)c3ccsc3)s2)cc1. The van der Waals surface area contributed by atoms with Crippen LogP contribution in [0.3, 0.4) is 0 Å². The summed E-state index contributed by atoms with van der Waals surface area (Å²) >= 11 is 2.78. The van der Waals surface area contributed by atoms with Gasteiger partial charge in [0.2, 0.25) is 15.8 Å². The van der Waals surface area contributed by atoms with Crippen molar-refractivity contribution in [3.05, 3.63) is 74.1 Å². The van der Waals surface area contributed by atoms with Gasteiger partial charge in [-0.05, 0) is 47.2 Å². The largest absolute Gasteiger partial charge is 0.288 e. The summed E-state index contributed by atoms with van der Waals surface area (Å²) in [5, 5.41) is 3.67. The van der Waals surface area contributed by atoms with Crippen LogP contribution in [0.1, 0.15) is 45.4 Å². The molecule has 1 N–H and O–H groups in total. The Balaban J connectivity index is 1.67. The lowest BCUT2D eigenvalue weighted by atomic mass is 10.0. The second-order valence-electron chi connectivity index (χ2n) is 6.16. The minimum absolute atomic E-state index is 0.0327. The topological polar surface area (TPSA) is 63.2 Å². The van der Waals surface area contributed by atoms with Gasteiger partial charge in [0.25, 0.3) is 0 Å². The molecule has 2 heterocycles. The zero-order valence-electron chi connectivity index (χ0n) is 14.4. The lowest BCUT2D eigenvalue weighted by Gasteiger charge is -2.08.